The van der Waals surface area contributed by atoms with Crippen molar-refractivity contribution in [1.82, 2.24) is 0 Å². The number of aryl methyl sites for hydroxylation is 1. The molecule has 0 bridgehead atoms. The summed E-state index contributed by atoms with van der Waals surface area (Å²) in [5.41, 5.74) is 0.192. The average molecular weight is 559 g/mol. The Labute approximate surface area is 233 Å². The number of esters is 1. The molecule has 2 heterocycles. The highest BCUT2D eigenvalue weighted by Crippen LogP contribution is 2.50. The highest BCUT2D eigenvalue weighted by molar-refractivity contribution is 6.13. The first-order chi connectivity index (χ1) is 19.6. The first kappa shape index (κ1) is 26.1. The molecule has 0 amide bonds. The smallest absolute Gasteiger partial charge is 0.342 e. The summed E-state index contributed by atoms with van der Waals surface area (Å²) in [6, 6.07) is 9.57. The Morgan fingerprint density at radius 1 is 0.829 bits per heavy atom. The molecule has 10 nitrogen and oxygen atoms in total. The molecule has 0 fully saturated rings. The number of methoxy groups -OCH3 is 3. The lowest BCUT2D eigenvalue weighted by Crippen LogP contribution is -2.25. The number of hydrogen-bond acceptors (Lipinski definition) is 10. The van der Waals surface area contributed by atoms with Gasteiger partial charge >= 0.3 is 5.97 Å². The number of benzene rings is 4. The second-order valence-corrected chi connectivity index (χ2v) is 9.87. The van der Waals surface area contributed by atoms with Crippen molar-refractivity contribution >= 4 is 38.3 Å². The third kappa shape index (κ3) is 4.02. The van der Waals surface area contributed by atoms with Crippen molar-refractivity contribution in [3.8, 4) is 40.4 Å². The fourth-order valence-corrected chi connectivity index (χ4v) is 5.54. The molecule has 210 valence electrons. The summed E-state index contributed by atoms with van der Waals surface area (Å²) < 4.78 is 33.9. The van der Waals surface area contributed by atoms with E-state index in [2.05, 4.69) is 0 Å². The van der Waals surface area contributed by atoms with Crippen LogP contribution in [0.1, 0.15) is 28.6 Å². The lowest BCUT2D eigenvalue weighted by molar-refractivity contribution is 0.0297. The quantitative estimate of drug-likeness (QED) is 0.203. The summed E-state index contributed by atoms with van der Waals surface area (Å²) in [5.74, 6) is -0.0855. The van der Waals surface area contributed by atoms with E-state index >= 15 is 0 Å². The SMILES string of the molecule is COc1cc(Oc2c3c(O)oc(C)cc3c(OC)c3cc(OC)cc(=O)c23)c2c(O)c3c(cc2c1)CC(C)OC3=O. The van der Waals surface area contributed by atoms with Gasteiger partial charge in [0.05, 0.1) is 32.1 Å². The van der Waals surface area contributed by atoms with Crippen LogP contribution in [0.15, 0.2) is 45.6 Å². The van der Waals surface area contributed by atoms with E-state index in [1.165, 1.54) is 33.5 Å². The highest BCUT2D eigenvalue weighted by Gasteiger charge is 2.31. The minimum Gasteiger partial charge on any atom is -0.506 e. The summed E-state index contributed by atoms with van der Waals surface area (Å²) in [5, 5.41) is 24.1. The van der Waals surface area contributed by atoms with Gasteiger partial charge in [0.1, 0.15) is 51.6 Å². The summed E-state index contributed by atoms with van der Waals surface area (Å²) in [4.78, 5) is 26.3. The normalized spacial score (nSPS) is 14.7. The van der Waals surface area contributed by atoms with Crippen LogP contribution in [-0.2, 0) is 11.2 Å². The van der Waals surface area contributed by atoms with Gasteiger partial charge in [0.2, 0.25) is 0 Å². The molecular formula is C31H26O10. The molecule has 10 heteroatoms. The van der Waals surface area contributed by atoms with Crippen LogP contribution in [0, 0.1) is 6.92 Å². The van der Waals surface area contributed by atoms with Gasteiger partial charge in [-0.1, -0.05) is 0 Å². The minimum atomic E-state index is -0.652. The molecule has 5 aromatic rings. The maximum atomic E-state index is 13.5. The number of phenolic OH excluding ortho intramolecular Hbond substituents is 1. The number of ether oxygens (including phenoxy) is 5. The van der Waals surface area contributed by atoms with Crippen molar-refractivity contribution in [3.05, 3.63) is 63.5 Å². The Hall–Kier alpha value is -5.12. The monoisotopic (exact) mass is 558 g/mol. The number of aromatic hydroxyl groups is 2. The molecule has 0 radical (unpaired) electrons. The van der Waals surface area contributed by atoms with E-state index in [9.17, 15) is 19.8 Å². The highest BCUT2D eigenvalue weighted by atomic mass is 16.5. The Morgan fingerprint density at radius 2 is 1.54 bits per heavy atom. The standard InChI is InChI=1S/C31H26O10/c1-13-6-15-8-16-9-17(36-3)12-22(23(16)27(33)24(15)30(34)39-13)41-29-25-20(10-18(37-4)11-21(25)32)28(38-5)19-7-14(2)40-31(35)26(19)29/h7-13,33,35H,6H2,1-5H3. The van der Waals surface area contributed by atoms with Gasteiger partial charge in [-0.05, 0) is 49.1 Å². The van der Waals surface area contributed by atoms with Crippen LogP contribution in [0.4, 0.5) is 0 Å². The number of carbonyl (C=O) groups is 1. The molecule has 4 aromatic carbocycles. The van der Waals surface area contributed by atoms with Gasteiger partial charge in [-0.3, -0.25) is 4.79 Å². The van der Waals surface area contributed by atoms with E-state index in [1.807, 2.05) is 0 Å². The molecule has 1 aromatic heterocycles. The fraction of sp³-hybridized carbons (Fsp3) is 0.226. The molecule has 1 aliphatic rings. The number of phenols is 1. The molecular weight excluding hydrogens is 532 g/mol. The third-order valence-corrected chi connectivity index (χ3v) is 7.25. The largest absolute Gasteiger partial charge is 0.506 e. The number of carbonyl (C=O) groups excluding carboxylic acids is 1. The Balaban J connectivity index is 1.74. The summed E-state index contributed by atoms with van der Waals surface area (Å²) in [6.45, 7) is 3.43. The zero-order valence-corrected chi connectivity index (χ0v) is 22.9. The van der Waals surface area contributed by atoms with Crippen LogP contribution in [0.2, 0.25) is 0 Å². The van der Waals surface area contributed by atoms with Crippen LogP contribution in [0.25, 0.3) is 32.3 Å². The van der Waals surface area contributed by atoms with Crippen molar-refractivity contribution < 1.29 is 43.1 Å². The van der Waals surface area contributed by atoms with Crippen molar-refractivity contribution in [2.75, 3.05) is 21.3 Å². The van der Waals surface area contributed by atoms with Crippen molar-refractivity contribution in [2.45, 2.75) is 26.4 Å². The van der Waals surface area contributed by atoms with E-state index in [0.717, 1.165) is 0 Å². The molecule has 0 saturated heterocycles. The lowest BCUT2D eigenvalue weighted by Gasteiger charge is -2.24. The molecule has 0 aliphatic carbocycles. The zero-order chi connectivity index (χ0) is 29.2. The Morgan fingerprint density at radius 3 is 2.24 bits per heavy atom. The summed E-state index contributed by atoms with van der Waals surface area (Å²) in [7, 11) is 4.38. The van der Waals surface area contributed by atoms with Crippen molar-refractivity contribution in [2.24, 2.45) is 0 Å². The predicted molar refractivity (Wildman–Crippen MR) is 150 cm³/mol. The van der Waals surface area contributed by atoms with Crippen LogP contribution < -0.4 is 24.4 Å². The van der Waals surface area contributed by atoms with E-state index in [1.54, 1.807) is 38.1 Å². The predicted octanol–water partition coefficient (Wildman–Crippen LogP) is 5.74. The zero-order valence-electron chi connectivity index (χ0n) is 22.9. The number of cyclic esters (lactones) is 1. The van der Waals surface area contributed by atoms with E-state index in [4.69, 9.17) is 28.1 Å². The third-order valence-electron chi connectivity index (χ3n) is 7.25. The van der Waals surface area contributed by atoms with Gasteiger partial charge in [0.25, 0.3) is 5.95 Å². The average Bonchev–Trinajstić information content (AvgIpc) is 2.91. The number of rotatable bonds is 5. The first-order valence-electron chi connectivity index (χ1n) is 12.8. The van der Waals surface area contributed by atoms with E-state index in [0.29, 0.717) is 51.2 Å². The van der Waals surface area contributed by atoms with Crippen molar-refractivity contribution in [3.63, 3.8) is 0 Å². The Bertz CT molecular complexity index is 1970. The summed E-state index contributed by atoms with van der Waals surface area (Å²) >= 11 is 0. The van der Waals surface area contributed by atoms with Crippen molar-refractivity contribution in [1.29, 1.82) is 0 Å². The van der Waals surface area contributed by atoms with Gasteiger partial charge in [-0.25, -0.2) is 4.79 Å². The van der Waals surface area contributed by atoms with E-state index in [-0.39, 0.29) is 45.1 Å². The lowest BCUT2D eigenvalue weighted by atomic mass is 9.93. The second-order valence-electron chi connectivity index (χ2n) is 9.87. The number of hydrogen-bond donors (Lipinski definition) is 2. The van der Waals surface area contributed by atoms with Crippen LogP contribution in [-0.4, -0.2) is 43.6 Å². The maximum Gasteiger partial charge on any atom is 0.342 e. The van der Waals surface area contributed by atoms with E-state index < -0.39 is 17.3 Å². The second kappa shape index (κ2) is 9.51. The molecule has 6 rings (SSSR count). The van der Waals surface area contributed by atoms with Gasteiger partial charge in [-0.2, -0.15) is 0 Å². The first-order valence-corrected chi connectivity index (χ1v) is 12.8. The molecule has 0 spiro atoms. The van der Waals surface area contributed by atoms with Gasteiger partial charge < -0.3 is 38.3 Å². The molecule has 1 unspecified atom stereocenters. The molecule has 1 atom stereocenters. The van der Waals surface area contributed by atoms with Crippen LogP contribution in [0.5, 0.6) is 40.4 Å². The molecule has 2 N–H and O–H groups in total. The minimum absolute atomic E-state index is 0.0396. The fourth-order valence-electron chi connectivity index (χ4n) is 5.54. The summed E-state index contributed by atoms with van der Waals surface area (Å²) in [6.07, 6.45) is 0.0646. The molecule has 1 aliphatic heterocycles. The van der Waals surface area contributed by atoms with Gasteiger partial charge in [0.15, 0.2) is 11.2 Å². The van der Waals surface area contributed by atoms with Gasteiger partial charge in [-0.15, -0.1) is 0 Å². The topological polar surface area (TPSA) is 134 Å². The molecule has 0 saturated carbocycles. The Kier molecular flexibility index (Phi) is 6.06. The van der Waals surface area contributed by atoms with Crippen LogP contribution in [0.3, 0.4) is 0 Å². The molecule has 41 heavy (non-hydrogen) atoms. The van der Waals surface area contributed by atoms with Gasteiger partial charge in [0, 0.05) is 29.3 Å². The maximum absolute atomic E-state index is 13.5. The van der Waals surface area contributed by atoms with Crippen LogP contribution >= 0.6 is 0 Å². The number of fused-ring (bicyclic) bond motifs is 4.